The van der Waals surface area contributed by atoms with E-state index in [0.717, 1.165) is 15.9 Å². The predicted octanol–water partition coefficient (Wildman–Crippen LogP) is 4.76. The van der Waals surface area contributed by atoms with Crippen molar-refractivity contribution in [2.24, 2.45) is 0 Å². The van der Waals surface area contributed by atoms with Gasteiger partial charge in [-0.05, 0) is 28.8 Å². The maximum atomic E-state index is 6.19. The number of thiophene rings is 1. The smallest absolute Gasteiger partial charge is 0.0613 e. The van der Waals surface area contributed by atoms with E-state index in [1.54, 1.807) is 11.3 Å². The van der Waals surface area contributed by atoms with Crippen LogP contribution in [-0.2, 0) is 5.33 Å². The molecule has 0 radical (unpaired) electrons. The van der Waals surface area contributed by atoms with Gasteiger partial charge < -0.3 is 0 Å². The molecule has 2 aromatic rings. The van der Waals surface area contributed by atoms with Gasteiger partial charge in [0.1, 0.15) is 0 Å². The molecule has 1 aromatic heterocycles. The highest BCUT2D eigenvalue weighted by Crippen LogP contribution is 2.34. The predicted molar refractivity (Wildman–Crippen MR) is 64.2 cm³/mol. The van der Waals surface area contributed by atoms with Crippen LogP contribution in [0.2, 0.25) is 5.02 Å². The second-order valence-electron chi connectivity index (χ2n) is 2.97. The molecule has 0 amide bonds. The van der Waals surface area contributed by atoms with E-state index >= 15 is 0 Å². The number of fused-ring (bicyclic) bond motifs is 1. The summed E-state index contributed by atoms with van der Waals surface area (Å²) in [5.41, 5.74) is 2.47. The number of rotatable bonds is 1. The van der Waals surface area contributed by atoms with E-state index in [9.17, 15) is 0 Å². The Morgan fingerprint density at radius 3 is 2.92 bits per heavy atom. The van der Waals surface area contributed by atoms with Gasteiger partial charge in [0.25, 0.3) is 0 Å². The van der Waals surface area contributed by atoms with Crippen molar-refractivity contribution < 1.29 is 0 Å². The highest BCUT2D eigenvalue weighted by atomic mass is 79.9. The molecule has 0 unspecified atom stereocenters. The zero-order chi connectivity index (χ0) is 9.42. The molecule has 68 valence electrons. The molecule has 0 saturated carbocycles. The third-order valence-electron chi connectivity index (χ3n) is 2.10. The molecule has 0 aliphatic carbocycles. The van der Waals surface area contributed by atoms with Gasteiger partial charge in [-0.1, -0.05) is 39.7 Å². The molecule has 0 nitrogen and oxygen atoms in total. The van der Waals surface area contributed by atoms with Crippen molar-refractivity contribution >= 4 is 49.0 Å². The van der Waals surface area contributed by atoms with Gasteiger partial charge in [0.2, 0.25) is 0 Å². The fourth-order valence-electron chi connectivity index (χ4n) is 1.32. The van der Waals surface area contributed by atoms with Crippen LogP contribution >= 0.6 is 38.9 Å². The summed E-state index contributed by atoms with van der Waals surface area (Å²) in [5, 5.41) is 5.23. The van der Waals surface area contributed by atoms with Gasteiger partial charge in [-0.2, -0.15) is 0 Å². The first-order chi connectivity index (χ1) is 6.24. The monoisotopic (exact) mass is 274 g/mol. The summed E-state index contributed by atoms with van der Waals surface area (Å²) in [4.78, 5) is 0. The molecule has 0 spiro atoms. The lowest BCUT2D eigenvalue weighted by Gasteiger charge is -1.99. The lowest BCUT2D eigenvalue weighted by molar-refractivity contribution is 1.49. The Bertz CT molecular complexity index is 447. The van der Waals surface area contributed by atoms with Crippen molar-refractivity contribution in [3.8, 4) is 0 Å². The molecule has 0 N–H and O–H groups in total. The molecule has 0 bridgehead atoms. The van der Waals surface area contributed by atoms with E-state index in [1.165, 1.54) is 15.6 Å². The number of halogens is 2. The molecule has 0 aliphatic heterocycles. The summed E-state index contributed by atoms with van der Waals surface area (Å²) in [6.07, 6.45) is 0. The summed E-state index contributed by atoms with van der Waals surface area (Å²) in [6, 6.07) is 4.22. The minimum absolute atomic E-state index is 0.895. The van der Waals surface area contributed by atoms with Crippen LogP contribution in [0, 0.1) is 6.92 Å². The van der Waals surface area contributed by atoms with Crippen LogP contribution in [0.15, 0.2) is 17.5 Å². The summed E-state index contributed by atoms with van der Waals surface area (Å²) in [6.45, 7) is 2.04. The maximum absolute atomic E-state index is 6.19. The number of hydrogen-bond acceptors (Lipinski definition) is 1. The molecule has 2 rings (SSSR count). The standard InChI is InChI=1S/C10H8BrClS/c1-6-2-3-8-7(4-11)5-13-10(8)9(6)12/h2-3,5H,4H2,1H3. The van der Waals surface area contributed by atoms with Gasteiger partial charge in [0.15, 0.2) is 0 Å². The van der Waals surface area contributed by atoms with Gasteiger partial charge in [-0.15, -0.1) is 11.3 Å². The Morgan fingerprint density at radius 1 is 1.46 bits per heavy atom. The van der Waals surface area contributed by atoms with Gasteiger partial charge >= 0.3 is 0 Å². The highest BCUT2D eigenvalue weighted by molar-refractivity contribution is 9.08. The summed E-state index contributed by atoms with van der Waals surface area (Å²) >= 11 is 11.4. The Balaban J connectivity index is 2.81. The van der Waals surface area contributed by atoms with Crippen LogP contribution in [0.4, 0.5) is 0 Å². The van der Waals surface area contributed by atoms with Gasteiger partial charge in [0.05, 0.1) is 9.72 Å². The van der Waals surface area contributed by atoms with Crippen LogP contribution in [-0.4, -0.2) is 0 Å². The Hall–Kier alpha value is -0.0500. The van der Waals surface area contributed by atoms with Crippen LogP contribution in [0.5, 0.6) is 0 Å². The SMILES string of the molecule is Cc1ccc2c(CBr)csc2c1Cl. The minimum atomic E-state index is 0.895. The normalized spacial score (nSPS) is 11.0. The van der Waals surface area contributed by atoms with Crippen LogP contribution in [0.3, 0.4) is 0 Å². The van der Waals surface area contributed by atoms with E-state index in [2.05, 4.69) is 33.4 Å². The summed E-state index contributed by atoms with van der Waals surface area (Å²) < 4.78 is 1.20. The second kappa shape index (κ2) is 3.60. The molecular weight excluding hydrogens is 268 g/mol. The van der Waals surface area contributed by atoms with E-state index in [0.29, 0.717) is 0 Å². The van der Waals surface area contributed by atoms with Crippen molar-refractivity contribution in [1.82, 2.24) is 0 Å². The third kappa shape index (κ3) is 1.51. The van der Waals surface area contributed by atoms with Crippen molar-refractivity contribution in [1.29, 1.82) is 0 Å². The lowest BCUT2D eigenvalue weighted by Crippen LogP contribution is -1.76. The molecule has 13 heavy (non-hydrogen) atoms. The lowest BCUT2D eigenvalue weighted by atomic mass is 10.1. The Kier molecular flexibility index (Phi) is 2.63. The molecule has 3 heteroatoms. The van der Waals surface area contributed by atoms with Crippen molar-refractivity contribution in [2.45, 2.75) is 12.3 Å². The molecule has 0 atom stereocenters. The first-order valence-corrected chi connectivity index (χ1v) is 6.33. The van der Waals surface area contributed by atoms with Crippen LogP contribution in [0.1, 0.15) is 11.1 Å². The van der Waals surface area contributed by atoms with Crippen molar-refractivity contribution in [3.63, 3.8) is 0 Å². The topological polar surface area (TPSA) is 0 Å². The third-order valence-corrected chi connectivity index (χ3v) is 4.36. The average molecular weight is 276 g/mol. The fourth-order valence-corrected chi connectivity index (χ4v) is 3.36. The van der Waals surface area contributed by atoms with E-state index in [4.69, 9.17) is 11.6 Å². The van der Waals surface area contributed by atoms with E-state index in [-0.39, 0.29) is 0 Å². The summed E-state index contributed by atoms with van der Waals surface area (Å²) in [5.74, 6) is 0. The molecule has 1 aromatic carbocycles. The number of benzene rings is 1. The maximum Gasteiger partial charge on any atom is 0.0613 e. The molecule has 0 saturated heterocycles. The van der Waals surface area contributed by atoms with Crippen LogP contribution < -0.4 is 0 Å². The second-order valence-corrected chi connectivity index (χ2v) is 4.79. The first-order valence-electron chi connectivity index (χ1n) is 3.95. The van der Waals surface area contributed by atoms with Crippen LogP contribution in [0.25, 0.3) is 10.1 Å². The van der Waals surface area contributed by atoms with Gasteiger partial charge in [-0.3, -0.25) is 0 Å². The number of aryl methyl sites for hydroxylation is 1. The zero-order valence-corrected chi connectivity index (χ0v) is 10.3. The quantitative estimate of drug-likeness (QED) is 0.658. The van der Waals surface area contributed by atoms with E-state index < -0.39 is 0 Å². The number of hydrogen-bond donors (Lipinski definition) is 0. The molecule has 1 heterocycles. The minimum Gasteiger partial charge on any atom is -0.142 e. The first kappa shape index (κ1) is 9.50. The van der Waals surface area contributed by atoms with Crippen molar-refractivity contribution in [3.05, 3.63) is 33.7 Å². The van der Waals surface area contributed by atoms with Crippen molar-refractivity contribution in [2.75, 3.05) is 0 Å². The zero-order valence-electron chi connectivity index (χ0n) is 7.10. The summed E-state index contributed by atoms with van der Waals surface area (Å²) in [7, 11) is 0. The molecular formula is C10H8BrClS. The fraction of sp³-hybridized carbons (Fsp3) is 0.200. The Labute approximate surface area is 94.7 Å². The average Bonchev–Trinajstić information content (AvgIpc) is 2.55. The van der Waals surface area contributed by atoms with E-state index in [1.807, 2.05) is 6.92 Å². The number of alkyl halides is 1. The molecule has 0 fully saturated rings. The Morgan fingerprint density at radius 2 is 2.23 bits per heavy atom. The van der Waals surface area contributed by atoms with Gasteiger partial charge in [0, 0.05) is 5.33 Å². The van der Waals surface area contributed by atoms with Gasteiger partial charge in [-0.25, -0.2) is 0 Å². The molecule has 0 aliphatic rings. The largest absolute Gasteiger partial charge is 0.142 e. The highest BCUT2D eigenvalue weighted by Gasteiger charge is 2.07.